The summed E-state index contributed by atoms with van der Waals surface area (Å²) < 4.78 is 14.7. The van der Waals surface area contributed by atoms with Gasteiger partial charge in [-0.25, -0.2) is 0 Å². The number of para-hydroxylation sites is 4. The number of hydrogen-bond acceptors (Lipinski definition) is 5. The summed E-state index contributed by atoms with van der Waals surface area (Å²) >= 11 is 0. The number of fused-ring (bicyclic) bond motifs is 5. The minimum atomic E-state index is -0.128. The molecule has 0 saturated heterocycles. The second-order valence-electron chi connectivity index (χ2n) is 16.1. The van der Waals surface area contributed by atoms with Gasteiger partial charge in [0.1, 0.15) is 5.82 Å². The van der Waals surface area contributed by atoms with E-state index in [2.05, 4.69) is 200 Å². The summed E-state index contributed by atoms with van der Waals surface area (Å²) in [5.41, 5.74) is 12.2. The van der Waals surface area contributed by atoms with E-state index >= 15 is 0 Å². The van der Waals surface area contributed by atoms with Gasteiger partial charge in [0.25, 0.3) is 0 Å². The van der Waals surface area contributed by atoms with Crippen molar-refractivity contribution in [2.75, 3.05) is 9.80 Å². The van der Waals surface area contributed by atoms with Crippen LogP contribution in [-0.4, -0.2) is 9.55 Å². The largest absolute Gasteiger partial charge is 0.509 e. The van der Waals surface area contributed by atoms with Crippen LogP contribution in [0.1, 0.15) is 26.3 Å². The third-order valence-electron chi connectivity index (χ3n) is 11.3. The Bertz CT molecular complexity index is 3160. The topological polar surface area (TPSA) is 46.7 Å². The number of benzene rings is 7. The van der Waals surface area contributed by atoms with Crippen LogP contribution in [-0.2, 0) is 26.5 Å². The van der Waals surface area contributed by atoms with Crippen molar-refractivity contribution < 1.29 is 30.2 Å². The van der Waals surface area contributed by atoms with Crippen molar-refractivity contribution in [1.82, 2.24) is 9.55 Å². The fraction of sp³-hybridized carbons (Fsp3) is 0.0741. The molecular formula is C54H39N4O2Pt-3. The molecule has 0 N–H and O–H groups in total. The zero-order valence-corrected chi connectivity index (χ0v) is 36.0. The van der Waals surface area contributed by atoms with E-state index in [-0.39, 0.29) is 26.5 Å². The SMILES string of the molecule is CC(C)(C)c1cc(-n2c3[c-]c(Oc4[c-]c(N5[CH-]N(c6c(-c7ccccc7)cccc6-c6ccccc6)c6ccccc65)ccc4)ccc3c3ccccc32)nc2occc12.[Pt]. The van der Waals surface area contributed by atoms with Gasteiger partial charge < -0.3 is 23.5 Å². The van der Waals surface area contributed by atoms with Crippen molar-refractivity contribution in [2.24, 2.45) is 0 Å². The van der Waals surface area contributed by atoms with Crippen LogP contribution in [0.5, 0.6) is 11.5 Å². The molecule has 6 nitrogen and oxygen atoms in total. The van der Waals surface area contributed by atoms with Crippen molar-refractivity contribution in [1.29, 1.82) is 0 Å². The number of nitrogens with zero attached hydrogens (tertiary/aromatic N) is 4. The molecule has 0 unspecified atom stereocenters. The van der Waals surface area contributed by atoms with Crippen LogP contribution in [0.25, 0.3) is 61.0 Å². The molecule has 300 valence electrons. The van der Waals surface area contributed by atoms with Crippen LogP contribution >= 0.6 is 0 Å². The van der Waals surface area contributed by atoms with Gasteiger partial charge in [0.05, 0.1) is 6.26 Å². The van der Waals surface area contributed by atoms with Gasteiger partial charge in [0, 0.05) is 71.7 Å². The van der Waals surface area contributed by atoms with Crippen molar-refractivity contribution in [3.8, 4) is 39.6 Å². The molecule has 0 bridgehead atoms. The molecule has 0 fully saturated rings. The molecular weight excluding hydrogens is 932 g/mol. The molecule has 0 atom stereocenters. The molecule has 7 heteroatoms. The first kappa shape index (κ1) is 38.3. The van der Waals surface area contributed by atoms with Crippen molar-refractivity contribution in [3.05, 3.63) is 200 Å². The summed E-state index contributed by atoms with van der Waals surface area (Å²) in [7, 11) is 0. The van der Waals surface area contributed by atoms with E-state index in [1.807, 2.05) is 24.3 Å². The summed E-state index contributed by atoms with van der Waals surface area (Å²) in [5.74, 6) is 1.93. The van der Waals surface area contributed by atoms with Crippen LogP contribution in [0, 0.1) is 18.8 Å². The van der Waals surface area contributed by atoms with E-state index in [4.69, 9.17) is 14.1 Å². The monoisotopic (exact) mass is 970 g/mol. The predicted octanol–water partition coefficient (Wildman–Crippen LogP) is 14.4. The first-order chi connectivity index (χ1) is 29.4. The molecule has 0 radical (unpaired) electrons. The van der Waals surface area contributed by atoms with Crippen LogP contribution < -0.4 is 14.5 Å². The second-order valence-corrected chi connectivity index (χ2v) is 16.1. The van der Waals surface area contributed by atoms with Crippen LogP contribution in [0.15, 0.2) is 181 Å². The number of aromatic nitrogens is 2. The average molecular weight is 971 g/mol. The Morgan fingerprint density at radius 1 is 0.590 bits per heavy atom. The molecule has 0 amide bonds. The second kappa shape index (κ2) is 15.3. The molecule has 1 aliphatic rings. The number of rotatable bonds is 7. The fourth-order valence-corrected chi connectivity index (χ4v) is 8.58. The van der Waals surface area contributed by atoms with Gasteiger partial charge >= 0.3 is 0 Å². The average Bonchev–Trinajstić information content (AvgIpc) is 4.00. The van der Waals surface area contributed by atoms with Crippen molar-refractivity contribution in [2.45, 2.75) is 26.2 Å². The summed E-state index contributed by atoms with van der Waals surface area (Å²) in [6.07, 6.45) is 1.72. The molecule has 61 heavy (non-hydrogen) atoms. The molecule has 1 aliphatic heterocycles. The van der Waals surface area contributed by atoms with Gasteiger partial charge in [-0.3, -0.25) is 0 Å². The third kappa shape index (κ3) is 6.68. The molecule has 11 rings (SSSR count). The van der Waals surface area contributed by atoms with Gasteiger partial charge in [0.15, 0.2) is 0 Å². The molecule has 3 aromatic heterocycles. The Hall–Kier alpha value is -6.88. The van der Waals surface area contributed by atoms with Gasteiger partial charge in [-0.15, -0.1) is 48.1 Å². The fourth-order valence-electron chi connectivity index (χ4n) is 8.58. The van der Waals surface area contributed by atoms with Gasteiger partial charge in [0.2, 0.25) is 5.71 Å². The minimum Gasteiger partial charge on any atom is -0.509 e. The van der Waals surface area contributed by atoms with E-state index in [0.29, 0.717) is 17.2 Å². The van der Waals surface area contributed by atoms with E-state index in [1.54, 1.807) is 6.26 Å². The molecule has 7 aromatic carbocycles. The Morgan fingerprint density at radius 2 is 1.23 bits per heavy atom. The van der Waals surface area contributed by atoms with Crippen LogP contribution in [0.3, 0.4) is 0 Å². The quantitative estimate of drug-likeness (QED) is 0.149. The van der Waals surface area contributed by atoms with Crippen molar-refractivity contribution in [3.63, 3.8) is 0 Å². The van der Waals surface area contributed by atoms with Gasteiger partial charge in [-0.1, -0.05) is 135 Å². The Kier molecular flexibility index (Phi) is 9.61. The molecule has 4 heterocycles. The summed E-state index contributed by atoms with van der Waals surface area (Å²) in [5, 5.41) is 3.19. The zero-order valence-electron chi connectivity index (χ0n) is 33.7. The number of hydrogen-bond donors (Lipinski definition) is 0. The van der Waals surface area contributed by atoms with E-state index in [0.717, 1.165) is 78.0 Å². The minimum absolute atomic E-state index is 0. The van der Waals surface area contributed by atoms with E-state index < -0.39 is 0 Å². The maximum absolute atomic E-state index is 6.65. The maximum Gasteiger partial charge on any atom is 0.228 e. The molecule has 10 aromatic rings. The number of pyridine rings is 1. The maximum atomic E-state index is 6.65. The van der Waals surface area contributed by atoms with Gasteiger partial charge in [-0.05, 0) is 57.8 Å². The molecule has 0 saturated carbocycles. The standard InChI is InChI=1S/C54H39N4O2.Pt/c1-54(2,3)46-34-51(55-53-45(46)30-31-59-53)58-47-25-11-10-22-43(47)44-29-28-40(33-50(44)58)60-39-21-14-20-38(32-39)56-35-57(49-27-13-12-26-48(49)56)52-41(36-16-6-4-7-17-36)23-15-24-42(52)37-18-8-5-9-19-37;/h4-31,34-35H,1-3H3;/q-3;. The number of furan rings is 1. The first-order valence-corrected chi connectivity index (χ1v) is 20.2. The summed E-state index contributed by atoms with van der Waals surface area (Å²) in [6, 6.07) is 66.2. The summed E-state index contributed by atoms with van der Waals surface area (Å²) in [4.78, 5) is 9.52. The summed E-state index contributed by atoms with van der Waals surface area (Å²) in [6.45, 7) is 8.82. The van der Waals surface area contributed by atoms with Crippen molar-refractivity contribution >= 4 is 55.7 Å². The van der Waals surface area contributed by atoms with Crippen LogP contribution in [0.2, 0.25) is 0 Å². The zero-order chi connectivity index (χ0) is 40.4. The number of ether oxygens (including phenoxy) is 1. The molecule has 0 spiro atoms. The Labute approximate surface area is 369 Å². The van der Waals surface area contributed by atoms with E-state index in [9.17, 15) is 0 Å². The Morgan fingerprint density at radius 3 is 1.95 bits per heavy atom. The normalized spacial score (nSPS) is 12.6. The molecule has 0 aliphatic carbocycles. The smallest absolute Gasteiger partial charge is 0.228 e. The predicted molar refractivity (Wildman–Crippen MR) is 244 cm³/mol. The van der Waals surface area contributed by atoms with E-state index in [1.165, 1.54) is 5.56 Å². The first-order valence-electron chi connectivity index (χ1n) is 20.2. The number of anilines is 4. The van der Waals surface area contributed by atoms with Crippen LogP contribution in [0.4, 0.5) is 22.7 Å². The van der Waals surface area contributed by atoms with Gasteiger partial charge in [-0.2, -0.15) is 17.1 Å². The third-order valence-corrected chi connectivity index (χ3v) is 11.3. The Balaban J connectivity index is 0.00000445.